The fraction of sp³-hybridized carbons (Fsp3) is 0.235. The number of aromatic nitrogens is 1. The van der Waals surface area contributed by atoms with Gasteiger partial charge in [0.05, 0.1) is 18.4 Å². The molecule has 7 heteroatoms. The number of hydrogen-bond donors (Lipinski definition) is 3. The first-order chi connectivity index (χ1) is 11.7. The lowest BCUT2D eigenvalue weighted by molar-refractivity contribution is -0.115. The quantitative estimate of drug-likeness (QED) is 0.555. The third kappa shape index (κ3) is 6.04. The second kappa shape index (κ2) is 9.24. The highest BCUT2D eigenvalue weighted by atomic mass is 19.1. The van der Waals surface area contributed by atoms with Crippen LogP contribution in [0.3, 0.4) is 0 Å². The van der Waals surface area contributed by atoms with Crippen LogP contribution in [0.15, 0.2) is 53.8 Å². The van der Waals surface area contributed by atoms with Gasteiger partial charge in [-0.1, -0.05) is 12.1 Å². The van der Waals surface area contributed by atoms with E-state index < -0.39 is 0 Å². The maximum atomic E-state index is 12.8. The molecule has 0 radical (unpaired) electrons. The number of pyridine rings is 1. The molecule has 2 rings (SSSR count). The summed E-state index contributed by atoms with van der Waals surface area (Å²) in [6.45, 7) is 0.709. The largest absolute Gasteiger partial charge is 0.356 e. The fourth-order valence-corrected chi connectivity index (χ4v) is 2.00. The van der Waals surface area contributed by atoms with Crippen molar-refractivity contribution in [2.45, 2.75) is 6.42 Å². The predicted octanol–water partition coefficient (Wildman–Crippen LogP) is 1.57. The average molecular weight is 329 g/mol. The van der Waals surface area contributed by atoms with Crippen LogP contribution in [0.4, 0.5) is 10.1 Å². The van der Waals surface area contributed by atoms with Gasteiger partial charge in [0, 0.05) is 19.8 Å². The van der Waals surface area contributed by atoms with Crippen LogP contribution in [0.1, 0.15) is 5.56 Å². The highest BCUT2D eigenvalue weighted by Crippen LogP contribution is 2.03. The van der Waals surface area contributed by atoms with Crippen molar-refractivity contribution in [1.82, 2.24) is 15.6 Å². The Morgan fingerprint density at radius 1 is 1.21 bits per heavy atom. The molecule has 0 unspecified atom stereocenters. The predicted molar refractivity (Wildman–Crippen MR) is 92.3 cm³/mol. The molecule has 0 aliphatic rings. The standard InChI is InChI=1S/C17H20FN5O/c1-19-17(21-10-8-13-4-6-14(18)7-5-13)22-12-16(24)23-15-3-2-9-20-11-15/h2-7,9,11H,8,10,12H2,1H3,(H,23,24)(H2,19,21,22). The summed E-state index contributed by atoms with van der Waals surface area (Å²) in [6, 6.07) is 9.87. The van der Waals surface area contributed by atoms with Gasteiger partial charge >= 0.3 is 0 Å². The number of benzene rings is 1. The van der Waals surface area contributed by atoms with Crippen LogP contribution in [0.2, 0.25) is 0 Å². The van der Waals surface area contributed by atoms with Crippen molar-refractivity contribution in [1.29, 1.82) is 0 Å². The van der Waals surface area contributed by atoms with Gasteiger partial charge in [-0.3, -0.25) is 14.8 Å². The van der Waals surface area contributed by atoms with E-state index in [-0.39, 0.29) is 18.3 Å². The molecular formula is C17H20FN5O. The second-order valence-electron chi connectivity index (χ2n) is 5.02. The number of rotatable bonds is 6. The van der Waals surface area contributed by atoms with Gasteiger partial charge in [-0.2, -0.15) is 0 Å². The summed E-state index contributed by atoms with van der Waals surface area (Å²) in [6.07, 6.45) is 3.94. The first-order valence-electron chi connectivity index (χ1n) is 7.56. The zero-order chi connectivity index (χ0) is 17.2. The molecule has 3 N–H and O–H groups in total. The molecule has 0 fully saturated rings. The Morgan fingerprint density at radius 2 is 2.00 bits per heavy atom. The molecule has 0 saturated heterocycles. The summed E-state index contributed by atoms with van der Waals surface area (Å²) in [7, 11) is 1.63. The maximum Gasteiger partial charge on any atom is 0.243 e. The number of carbonyl (C=O) groups excluding carboxylic acids is 1. The molecule has 1 heterocycles. The minimum absolute atomic E-state index is 0.0884. The lowest BCUT2D eigenvalue weighted by Gasteiger charge is -2.12. The van der Waals surface area contributed by atoms with Crippen molar-refractivity contribution in [3.8, 4) is 0 Å². The summed E-state index contributed by atoms with van der Waals surface area (Å²) >= 11 is 0. The van der Waals surface area contributed by atoms with E-state index >= 15 is 0 Å². The molecule has 0 aliphatic heterocycles. The molecule has 1 aromatic carbocycles. The van der Waals surface area contributed by atoms with Gasteiger partial charge in [0.15, 0.2) is 5.96 Å². The number of aliphatic imine (C=N–C) groups is 1. The number of nitrogens with zero attached hydrogens (tertiary/aromatic N) is 2. The molecule has 0 atom stereocenters. The molecule has 0 aliphatic carbocycles. The molecule has 0 spiro atoms. The molecule has 2 aromatic rings. The minimum atomic E-state index is -0.246. The van der Waals surface area contributed by atoms with Crippen molar-refractivity contribution >= 4 is 17.6 Å². The summed E-state index contributed by atoms with van der Waals surface area (Å²) in [5, 5.41) is 8.76. The van der Waals surface area contributed by atoms with Crippen molar-refractivity contribution in [3.63, 3.8) is 0 Å². The molecule has 0 saturated carbocycles. The number of nitrogens with one attached hydrogen (secondary N) is 3. The van der Waals surface area contributed by atoms with E-state index in [0.29, 0.717) is 18.2 Å². The van der Waals surface area contributed by atoms with Gasteiger partial charge in [-0.25, -0.2) is 4.39 Å². The van der Waals surface area contributed by atoms with E-state index in [0.717, 1.165) is 12.0 Å². The van der Waals surface area contributed by atoms with Crippen LogP contribution in [0.5, 0.6) is 0 Å². The summed E-state index contributed by atoms with van der Waals surface area (Å²) in [4.78, 5) is 19.8. The van der Waals surface area contributed by atoms with Crippen LogP contribution >= 0.6 is 0 Å². The molecule has 0 bridgehead atoms. The summed E-state index contributed by atoms with van der Waals surface area (Å²) in [5.41, 5.74) is 1.66. The van der Waals surface area contributed by atoms with Crippen LogP contribution in [0.25, 0.3) is 0 Å². The highest BCUT2D eigenvalue weighted by Gasteiger charge is 2.04. The van der Waals surface area contributed by atoms with Crippen LogP contribution < -0.4 is 16.0 Å². The van der Waals surface area contributed by atoms with Crippen molar-refractivity contribution in [3.05, 3.63) is 60.2 Å². The van der Waals surface area contributed by atoms with Gasteiger partial charge in [0.25, 0.3) is 0 Å². The number of halogens is 1. The summed E-state index contributed by atoms with van der Waals surface area (Å²) in [5.74, 6) is 0.0896. The van der Waals surface area contributed by atoms with Crippen LogP contribution in [-0.2, 0) is 11.2 Å². The van der Waals surface area contributed by atoms with Crippen LogP contribution in [-0.4, -0.2) is 37.0 Å². The van der Waals surface area contributed by atoms with Gasteiger partial charge in [-0.05, 0) is 36.2 Å². The Labute approximate surface area is 140 Å². The molecule has 1 aromatic heterocycles. The topological polar surface area (TPSA) is 78.4 Å². The number of amides is 1. The van der Waals surface area contributed by atoms with Gasteiger partial charge in [-0.15, -0.1) is 0 Å². The first-order valence-corrected chi connectivity index (χ1v) is 7.56. The van der Waals surface area contributed by atoms with Gasteiger partial charge in [0.1, 0.15) is 5.82 Å². The summed E-state index contributed by atoms with van der Waals surface area (Å²) < 4.78 is 12.8. The van der Waals surface area contributed by atoms with E-state index in [1.165, 1.54) is 12.1 Å². The van der Waals surface area contributed by atoms with E-state index in [1.807, 2.05) is 0 Å². The van der Waals surface area contributed by atoms with Crippen molar-refractivity contribution < 1.29 is 9.18 Å². The molecule has 126 valence electrons. The van der Waals surface area contributed by atoms with E-state index in [4.69, 9.17) is 0 Å². The van der Waals surface area contributed by atoms with Crippen molar-refractivity contribution in [2.75, 3.05) is 25.5 Å². The zero-order valence-corrected chi connectivity index (χ0v) is 13.4. The van der Waals surface area contributed by atoms with Gasteiger partial charge in [0.2, 0.25) is 5.91 Å². The Kier molecular flexibility index (Phi) is 6.70. The maximum absolute atomic E-state index is 12.8. The van der Waals surface area contributed by atoms with E-state index in [2.05, 4.69) is 25.9 Å². The molecule has 1 amide bonds. The third-order valence-electron chi connectivity index (χ3n) is 3.20. The fourth-order valence-electron chi connectivity index (χ4n) is 2.00. The smallest absolute Gasteiger partial charge is 0.243 e. The Morgan fingerprint density at radius 3 is 2.67 bits per heavy atom. The zero-order valence-electron chi connectivity index (χ0n) is 13.4. The average Bonchev–Trinajstić information content (AvgIpc) is 2.60. The van der Waals surface area contributed by atoms with E-state index in [1.54, 1.807) is 43.7 Å². The third-order valence-corrected chi connectivity index (χ3v) is 3.20. The second-order valence-corrected chi connectivity index (χ2v) is 5.02. The molecule has 6 nitrogen and oxygen atoms in total. The Hall–Kier alpha value is -2.96. The Bertz CT molecular complexity index is 673. The molecular weight excluding hydrogens is 309 g/mol. The number of carbonyl (C=O) groups is 1. The normalized spacial score (nSPS) is 11.0. The van der Waals surface area contributed by atoms with E-state index in [9.17, 15) is 9.18 Å². The monoisotopic (exact) mass is 329 g/mol. The minimum Gasteiger partial charge on any atom is -0.356 e. The number of guanidine groups is 1. The number of anilines is 1. The lowest BCUT2D eigenvalue weighted by Crippen LogP contribution is -2.42. The highest BCUT2D eigenvalue weighted by molar-refractivity contribution is 5.94. The lowest BCUT2D eigenvalue weighted by atomic mass is 10.1. The SMILES string of the molecule is CN=C(NCCc1ccc(F)cc1)NCC(=O)Nc1cccnc1. The van der Waals surface area contributed by atoms with Crippen LogP contribution in [0, 0.1) is 5.82 Å². The number of hydrogen-bond acceptors (Lipinski definition) is 3. The Balaban J connectivity index is 1.70. The van der Waals surface area contributed by atoms with Crippen molar-refractivity contribution in [2.24, 2.45) is 4.99 Å². The molecule has 24 heavy (non-hydrogen) atoms. The van der Waals surface area contributed by atoms with Gasteiger partial charge < -0.3 is 16.0 Å². The first kappa shape index (κ1) is 17.4.